The van der Waals surface area contributed by atoms with Gasteiger partial charge in [-0.15, -0.1) is 0 Å². The molecule has 0 aliphatic carbocycles. The second-order valence-corrected chi connectivity index (χ2v) is 8.60. The lowest BCUT2D eigenvalue weighted by Crippen LogP contribution is -2.40. The Labute approximate surface area is 222 Å². The number of alkyl halides is 3. The third kappa shape index (κ3) is 4.93. The summed E-state index contributed by atoms with van der Waals surface area (Å²) in [6.45, 7) is 1.45. The Balaban J connectivity index is 1.43. The second kappa shape index (κ2) is 10.1. The molecule has 5 heterocycles. The molecule has 0 aliphatic rings. The summed E-state index contributed by atoms with van der Waals surface area (Å²) in [5.41, 5.74) is -0.508. The lowest BCUT2D eigenvalue weighted by atomic mass is 10.3. The zero-order valence-electron chi connectivity index (χ0n) is 20.9. The van der Waals surface area contributed by atoms with E-state index in [1.165, 1.54) is 41.7 Å². The molecule has 0 radical (unpaired) electrons. The summed E-state index contributed by atoms with van der Waals surface area (Å²) in [7, 11) is 1.47. The smallest absolute Gasteiger partial charge is 0.312 e. The van der Waals surface area contributed by atoms with Crippen LogP contribution in [0.15, 0.2) is 65.0 Å². The number of imidazole rings is 1. The van der Waals surface area contributed by atoms with Gasteiger partial charge in [0.05, 0.1) is 24.1 Å². The Hall–Kier alpha value is -5.28. The fourth-order valence-electron chi connectivity index (χ4n) is 3.89. The van der Waals surface area contributed by atoms with Gasteiger partial charge >= 0.3 is 11.9 Å². The number of anilines is 1. The molecule has 13 nitrogen and oxygen atoms in total. The molecule has 0 bridgehead atoms. The highest BCUT2D eigenvalue weighted by atomic mass is 19.4. The quantitative estimate of drug-likeness (QED) is 0.332. The molecular formula is C24H19F3N10O3. The molecule has 40 heavy (non-hydrogen) atoms. The van der Waals surface area contributed by atoms with Crippen LogP contribution in [0.2, 0.25) is 0 Å². The van der Waals surface area contributed by atoms with E-state index < -0.39 is 35.2 Å². The minimum atomic E-state index is -4.70. The van der Waals surface area contributed by atoms with E-state index in [0.29, 0.717) is 5.69 Å². The van der Waals surface area contributed by atoms with Crippen molar-refractivity contribution in [1.29, 1.82) is 0 Å². The number of nitrogens with one attached hydrogen (secondary N) is 1. The van der Waals surface area contributed by atoms with Crippen LogP contribution in [-0.2, 0) is 24.6 Å². The third-order valence-corrected chi connectivity index (χ3v) is 5.97. The van der Waals surface area contributed by atoms with E-state index in [2.05, 4.69) is 35.2 Å². The predicted octanol–water partition coefficient (Wildman–Crippen LogP) is 1.81. The Morgan fingerprint density at radius 2 is 1.77 bits per heavy atom. The monoisotopic (exact) mass is 552 g/mol. The number of carbonyl (C=O) groups excluding carboxylic acids is 1. The molecule has 1 unspecified atom stereocenters. The van der Waals surface area contributed by atoms with Crippen LogP contribution >= 0.6 is 0 Å². The second-order valence-electron chi connectivity index (χ2n) is 8.60. The van der Waals surface area contributed by atoms with Crippen LogP contribution in [0.3, 0.4) is 0 Å². The molecule has 5 rings (SSSR count). The number of pyridine rings is 1. The largest absolute Gasteiger partial charge is 0.451 e. The standard InChI is InChI=1S/C24H19F3N10O3/c1-13(20(38)34-16-6-8-29-18(33-16)14-9-30-22(31-10-14)24(25,26)27)37-12-32-19-17(37)21(39)36(23(40)35(19)2)11-15-5-3-4-7-28-15/h3-10,12-13H,11H2,1-2H3,(H,29,33,34,38). The van der Waals surface area contributed by atoms with E-state index in [-0.39, 0.29) is 34.9 Å². The minimum Gasteiger partial charge on any atom is -0.312 e. The van der Waals surface area contributed by atoms with E-state index in [0.717, 1.165) is 17.0 Å². The first-order valence-electron chi connectivity index (χ1n) is 11.6. The van der Waals surface area contributed by atoms with Gasteiger partial charge in [0.25, 0.3) is 5.56 Å². The number of fused-ring (bicyclic) bond motifs is 1. The normalized spacial score (nSPS) is 12.4. The summed E-state index contributed by atoms with van der Waals surface area (Å²) in [4.78, 5) is 62.5. The zero-order chi connectivity index (χ0) is 28.6. The zero-order valence-corrected chi connectivity index (χ0v) is 20.9. The van der Waals surface area contributed by atoms with Crippen molar-refractivity contribution in [3.8, 4) is 11.4 Å². The maximum Gasteiger partial charge on any atom is 0.451 e. The van der Waals surface area contributed by atoms with Gasteiger partial charge in [-0.3, -0.25) is 23.7 Å². The van der Waals surface area contributed by atoms with Crippen molar-refractivity contribution in [2.75, 3.05) is 5.32 Å². The third-order valence-electron chi connectivity index (χ3n) is 5.97. The lowest BCUT2D eigenvalue weighted by Gasteiger charge is -2.15. The Morgan fingerprint density at radius 1 is 1.02 bits per heavy atom. The molecular weight excluding hydrogens is 533 g/mol. The van der Waals surface area contributed by atoms with Gasteiger partial charge in [0.1, 0.15) is 11.9 Å². The summed E-state index contributed by atoms with van der Waals surface area (Å²) < 4.78 is 41.8. The van der Waals surface area contributed by atoms with Crippen LogP contribution in [0.25, 0.3) is 22.6 Å². The molecule has 0 aromatic carbocycles. The molecule has 1 N–H and O–H groups in total. The topological polar surface area (TPSA) is 155 Å². The number of hydrogen-bond acceptors (Lipinski definition) is 9. The summed E-state index contributed by atoms with van der Waals surface area (Å²) in [5.74, 6) is -1.86. The number of hydrogen-bond donors (Lipinski definition) is 1. The van der Waals surface area contributed by atoms with Crippen molar-refractivity contribution in [2.24, 2.45) is 7.05 Å². The maximum atomic E-state index is 13.4. The highest BCUT2D eigenvalue weighted by molar-refractivity contribution is 5.93. The first-order chi connectivity index (χ1) is 19.0. The average molecular weight is 552 g/mol. The molecule has 0 aliphatic heterocycles. The van der Waals surface area contributed by atoms with Crippen LogP contribution < -0.4 is 16.6 Å². The molecule has 16 heteroatoms. The van der Waals surface area contributed by atoms with Crippen LogP contribution in [0, 0.1) is 0 Å². The van der Waals surface area contributed by atoms with Crippen LogP contribution in [0.5, 0.6) is 0 Å². The molecule has 0 spiro atoms. The molecule has 0 fully saturated rings. The Kier molecular flexibility index (Phi) is 6.66. The SMILES string of the molecule is CC(C(=O)Nc1ccnc(-c2cnc(C(F)(F)F)nc2)n1)n1cnc2c1c(=O)n(Cc1ccccn1)c(=O)n2C. The molecule has 5 aromatic heterocycles. The van der Waals surface area contributed by atoms with Crippen LogP contribution in [0.4, 0.5) is 19.0 Å². The molecule has 0 saturated carbocycles. The predicted molar refractivity (Wildman–Crippen MR) is 134 cm³/mol. The Bertz CT molecular complexity index is 1830. The van der Waals surface area contributed by atoms with Crippen LogP contribution in [0.1, 0.15) is 24.5 Å². The highest BCUT2D eigenvalue weighted by Crippen LogP contribution is 2.26. The van der Waals surface area contributed by atoms with E-state index in [1.54, 1.807) is 24.4 Å². The summed E-state index contributed by atoms with van der Waals surface area (Å²) in [5, 5.41) is 2.59. The first kappa shape index (κ1) is 26.3. The fraction of sp³-hybridized carbons (Fsp3) is 0.208. The average Bonchev–Trinajstić information content (AvgIpc) is 3.39. The molecule has 0 saturated heterocycles. The van der Waals surface area contributed by atoms with Gasteiger partial charge in [-0.1, -0.05) is 6.07 Å². The van der Waals surface area contributed by atoms with Gasteiger partial charge in [-0.2, -0.15) is 13.2 Å². The van der Waals surface area contributed by atoms with Gasteiger partial charge in [0, 0.05) is 31.8 Å². The number of nitrogens with zero attached hydrogens (tertiary/aromatic N) is 9. The lowest BCUT2D eigenvalue weighted by molar-refractivity contribution is -0.145. The molecule has 5 aromatic rings. The number of aromatic nitrogens is 9. The maximum absolute atomic E-state index is 13.4. The van der Waals surface area contributed by atoms with Crippen molar-refractivity contribution in [3.05, 3.63) is 87.7 Å². The van der Waals surface area contributed by atoms with E-state index in [1.807, 2.05) is 0 Å². The molecule has 204 valence electrons. The molecule has 1 amide bonds. The van der Waals surface area contributed by atoms with E-state index in [9.17, 15) is 27.6 Å². The van der Waals surface area contributed by atoms with Crippen molar-refractivity contribution in [2.45, 2.75) is 25.7 Å². The minimum absolute atomic E-state index is 0.0142. The summed E-state index contributed by atoms with van der Waals surface area (Å²) in [6, 6.07) is 5.52. The van der Waals surface area contributed by atoms with Crippen LogP contribution in [-0.4, -0.2) is 49.5 Å². The number of amides is 1. The first-order valence-corrected chi connectivity index (χ1v) is 11.6. The van der Waals surface area contributed by atoms with E-state index in [4.69, 9.17) is 0 Å². The fourth-order valence-corrected chi connectivity index (χ4v) is 3.89. The van der Waals surface area contributed by atoms with Crippen molar-refractivity contribution >= 4 is 22.9 Å². The molecule has 1 atom stereocenters. The summed E-state index contributed by atoms with van der Waals surface area (Å²) in [6.07, 6.45) is 1.29. The van der Waals surface area contributed by atoms with Gasteiger partial charge < -0.3 is 9.88 Å². The number of carbonyl (C=O) groups is 1. The van der Waals surface area contributed by atoms with Crippen molar-refractivity contribution in [3.63, 3.8) is 0 Å². The highest BCUT2D eigenvalue weighted by Gasteiger charge is 2.34. The number of rotatable bonds is 6. The van der Waals surface area contributed by atoms with Crippen molar-refractivity contribution < 1.29 is 18.0 Å². The van der Waals surface area contributed by atoms with E-state index >= 15 is 0 Å². The van der Waals surface area contributed by atoms with Gasteiger partial charge in [-0.25, -0.2) is 29.7 Å². The van der Waals surface area contributed by atoms with Crippen molar-refractivity contribution in [1.82, 2.24) is 43.6 Å². The van der Waals surface area contributed by atoms with Gasteiger partial charge in [-0.05, 0) is 25.1 Å². The number of aryl methyl sites for hydroxylation is 1. The Morgan fingerprint density at radius 3 is 2.45 bits per heavy atom. The van der Waals surface area contributed by atoms with Gasteiger partial charge in [0.2, 0.25) is 11.7 Å². The van der Waals surface area contributed by atoms with Gasteiger partial charge in [0.15, 0.2) is 17.0 Å². The summed E-state index contributed by atoms with van der Waals surface area (Å²) >= 11 is 0. The number of halogens is 3.